The van der Waals surface area contributed by atoms with Crippen LogP contribution in [-0.4, -0.2) is 31.6 Å². The zero-order valence-corrected chi connectivity index (χ0v) is 12.7. The number of hydrogen-bond donors (Lipinski definition) is 1. The molecule has 20 heavy (non-hydrogen) atoms. The maximum atomic E-state index is 10.7. The summed E-state index contributed by atoms with van der Waals surface area (Å²) in [6, 6.07) is 1.89. The molecule has 0 aliphatic heterocycles. The lowest BCUT2D eigenvalue weighted by atomic mass is 10.1. The van der Waals surface area contributed by atoms with E-state index in [1.807, 2.05) is 38.3 Å². The van der Waals surface area contributed by atoms with Gasteiger partial charge in [0.05, 0.1) is 11.3 Å². The van der Waals surface area contributed by atoms with Crippen LogP contribution in [-0.2, 0) is 10.3 Å². The fourth-order valence-electron chi connectivity index (χ4n) is 1.84. The average molecular weight is 295 g/mol. The highest BCUT2D eigenvalue weighted by atomic mass is 32.2. The van der Waals surface area contributed by atoms with Crippen molar-refractivity contribution in [1.29, 1.82) is 0 Å². The molecule has 0 spiro atoms. The van der Waals surface area contributed by atoms with Gasteiger partial charge in [-0.15, -0.1) is 10.2 Å². The van der Waals surface area contributed by atoms with Crippen LogP contribution in [0.2, 0.25) is 0 Å². The highest BCUT2D eigenvalue weighted by Gasteiger charge is 2.25. The summed E-state index contributed by atoms with van der Waals surface area (Å²) >= 11 is 1.16. The topological polar surface area (TPSA) is 81.1 Å². The Kier molecular flexibility index (Phi) is 3.89. The Labute approximate surface area is 121 Å². The third kappa shape index (κ3) is 3.04. The molecule has 0 bridgehead atoms. The molecule has 0 saturated heterocycles. The summed E-state index contributed by atoms with van der Waals surface area (Å²) in [7, 11) is 0. The lowest BCUT2D eigenvalue weighted by Crippen LogP contribution is -2.24. The number of furan rings is 1. The molecule has 0 aliphatic carbocycles. The van der Waals surface area contributed by atoms with Gasteiger partial charge in [0.15, 0.2) is 11.0 Å². The summed E-state index contributed by atoms with van der Waals surface area (Å²) in [5.41, 5.74) is 0.581. The van der Waals surface area contributed by atoms with Crippen molar-refractivity contribution in [1.82, 2.24) is 14.8 Å². The van der Waals surface area contributed by atoms with Crippen molar-refractivity contribution >= 4 is 17.7 Å². The Morgan fingerprint density at radius 2 is 2.15 bits per heavy atom. The lowest BCUT2D eigenvalue weighted by Gasteiger charge is -2.24. The van der Waals surface area contributed by atoms with E-state index in [1.165, 1.54) is 0 Å². The predicted molar refractivity (Wildman–Crippen MR) is 75.8 cm³/mol. The molecular weight excluding hydrogens is 278 g/mol. The van der Waals surface area contributed by atoms with Gasteiger partial charge < -0.3 is 9.52 Å². The monoisotopic (exact) mass is 295 g/mol. The van der Waals surface area contributed by atoms with Crippen LogP contribution < -0.4 is 0 Å². The van der Waals surface area contributed by atoms with Crippen LogP contribution in [0.3, 0.4) is 0 Å². The van der Waals surface area contributed by atoms with Crippen molar-refractivity contribution in [3.63, 3.8) is 0 Å². The Balaban J connectivity index is 2.45. The molecule has 1 N–H and O–H groups in total. The SMILES string of the molecule is Cc1cc(-c2nnc(SCC(=O)O)n2C(C)(C)C)co1. The summed E-state index contributed by atoms with van der Waals surface area (Å²) in [5.74, 6) is 0.558. The molecule has 0 unspecified atom stereocenters. The Morgan fingerprint density at radius 1 is 1.45 bits per heavy atom. The van der Waals surface area contributed by atoms with E-state index < -0.39 is 5.97 Å². The molecule has 6 nitrogen and oxygen atoms in total. The van der Waals surface area contributed by atoms with Crippen LogP contribution in [0.15, 0.2) is 21.9 Å². The van der Waals surface area contributed by atoms with Gasteiger partial charge in [-0.25, -0.2) is 0 Å². The molecule has 0 fully saturated rings. The van der Waals surface area contributed by atoms with Crippen molar-refractivity contribution in [3.05, 3.63) is 18.1 Å². The van der Waals surface area contributed by atoms with Gasteiger partial charge in [0.1, 0.15) is 12.0 Å². The Bertz CT molecular complexity index is 625. The smallest absolute Gasteiger partial charge is 0.313 e. The van der Waals surface area contributed by atoms with Gasteiger partial charge in [0, 0.05) is 5.54 Å². The molecule has 0 aromatic carbocycles. The zero-order chi connectivity index (χ0) is 14.9. The van der Waals surface area contributed by atoms with Gasteiger partial charge in [-0.1, -0.05) is 11.8 Å². The third-order valence-electron chi connectivity index (χ3n) is 2.62. The van der Waals surface area contributed by atoms with Crippen molar-refractivity contribution in [2.45, 2.75) is 38.4 Å². The van der Waals surface area contributed by atoms with Gasteiger partial charge in [0.2, 0.25) is 0 Å². The van der Waals surface area contributed by atoms with Crippen LogP contribution >= 0.6 is 11.8 Å². The van der Waals surface area contributed by atoms with Gasteiger partial charge in [-0.3, -0.25) is 9.36 Å². The normalized spacial score (nSPS) is 11.8. The van der Waals surface area contributed by atoms with Crippen LogP contribution in [0.5, 0.6) is 0 Å². The van der Waals surface area contributed by atoms with E-state index in [0.717, 1.165) is 23.1 Å². The standard InChI is InChI=1S/C13H17N3O3S/c1-8-5-9(6-19-8)11-14-15-12(20-7-10(17)18)16(11)13(2,3)4/h5-6H,7H2,1-4H3,(H,17,18). The molecule has 2 rings (SSSR count). The minimum atomic E-state index is -0.876. The van der Waals surface area contributed by atoms with Crippen molar-refractivity contribution < 1.29 is 14.3 Å². The number of nitrogens with zero attached hydrogens (tertiary/aromatic N) is 3. The van der Waals surface area contributed by atoms with Crippen molar-refractivity contribution in [2.24, 2.45) is 0 Å². The van der Waals surface area contributed by atoms with Gasteiger partial charge >= 0.3 is 5.97 Å². The number of carboxylic acid groups (broad SMARTS) is 1. The number of hydrogen-bond acceptors (Lipinski definition) is 5. The van der Waals surface area contributed by atoms with Gasteiger partial charge in [-0.2, -0.15) is 0 Å². The van der Waals surface area contributed by atoms with E-state index in [2.05, 4.69) is 10.2 Å². The molecule has 0 amide bonds. The Morgan fingerprint density at radius 3 is 2.65 bits per heavy atom. The largest absolute Gasteiger partial charge is 0.481 e. The number of aromatic nitrogens is 3. The highest BCUT2D eigenvalue weighted by Crippen LogP contribution is 2.31. The van der Waals surface area contributed by atoms with E-state index in [9.17, 15) is 4.79 Å². The number of aliphatic carboxylic acids is 1. The average Bonchev–Trinajstić information content (AvgIpc) is 2.90. The molecule has 2 aromatic rings. The molecule has 0 saturated carbocycles. The maximum Gasteiger partial charge on any atom is 0.313 e. The number of carboxylic acids is 1. The first-order valence-corrected chi connectivity index (χ1v) is 7.13. The first-order chi connectivity index (χ1) is 9.29. The van der Waals surface area contributed by atoms with E-state index in [-0.39, 0.29) is 11.3 Å². The summed E-state index contributed by atoms with van der Waals surface area (Å²) in [4.78, 5) is 10.7. The maximum absolute atomic E-state index is 10.7. The number of aryl methyl sites for hydroxylation is 1. The molecule has 2 heterocycles. The van der Waals surface area contributed by atoms with Crippen LogP contribution in [0.25, 0.3) is 11.4 Å². The Hall–Kier alpha value is -1.76. The molecule has 7 heteroatoms. The van der Waals surface area contributed by atoms with E-state index in [0.29, 0.717) is 11.0 Å². The van der Waals surface area contributed by atoms with Crippen LogP contribution in [0.4, 0.5) is 0 Å². The number of carbonyl (C=O) groups is 1. The highest BCUT2D eigenvalue weighted by molar-refractivity contribution is 7.99. The summed E-state index contributed by atoms with van der Waals surface area (Å²) in [6.45, 7) is 7.94. The fraction of sp³-hybridized carbons (Fsp3) is 0.462. The van der Waals surface area contributed by atoms with Crippen molar-refractivity contribution in [3.8, 4) is 11.4 Å². The summed E-state index contributed by atoms with van der Waals surface area (Å²) in [5, 5.41) is 17.7. The number of thioether (sulfide) groups is 1. The molecule has 108 valence electrons. The second-order valence-corrected chi connectivity index (χ2v) is 6.38. The first kappa shape index (κ1) is 14.6. The van der Waals surface area contributed by atoms with Crippen molar-refractivity contribution in [2.75, 3.05) is 5.75 Å². The molecule has 0 aliphatic rings. The second-order valence-electron chi connectivity index (χ2n) is 5.44. The zero-order valence-electron chi connectivity index (χ0n) is 11.9. The summed E-state index contributed by atoms with van der Waals surface area (Å²) < 4.78 is 7.25. The quantitative estimate of drug-likeness (QED) is 0.873. The fourth-order valence-corrected chi connectivity index (χ4v) is 2.68. The van der Waals surface area contributed by atoms with Crippen LogP contribution in [0, 0.1) is 6.92 Å². The second kappa shape index (κ2) is 5.32. The van der Waals surface area contributed by atoms with Crippen LogP contribution in [0.1, 0.15) is 26.5 Å². The first-order valence-electron chi connectivity index (χ1n) is 6.15. The molecular formula is C13H17N3O3S. The van der Waals surface area contributed by atoms with E-state index in [4.69, 9.17) is 9.52 Å². The minimum Gasteiger partial charge on any atom is -0.481 e. The predicted octanol–water partition coefficient (Wildman–Crippen LogP) is 2.78. The van der Waals surface area contributed by atoms with E-state index >= 15 is 0 Å². The molecule has 0 radical (unpaired) electrons. The summed E-state index contributed by atoms with van der Waals surface area (Å²) in [6.07, 6.45) is 1.63. The lowest BCUT2D eigenvalue weighted by molar-refractivity contribution is -0.133. The minimum absolute atomic E-state index is 0.0430. The molecule has 0 atom stereocenters. The van der Waals surface area contributed by atoms with Gasteiger partial charge in [-0.05, 0) is 33.8 Å². The van der Waals surface area contributed by atoms with E-state index in [1.54, 1.807) is 6.26 Å². The third-order valence-corrected chi connectivity index (χ3v) is 3.53. The molecule has 2 aromatic heterocycles. The van der Waals surface area contributed by atoms with Gasteiger partial charge in [0.25, 0.3) is 0 Å². The number of rotatable bonds is 4.